The highest BCUT2D eigenvalue weighted by Crippen LogP contribution is 2.06. The van der Waals surface area contributed by atoms with Crippen molar-refractivity contribution in [2.75, 3.05) is 0 Å². The molecular weight excluding hydrogens is 288 g/mol. The fraction of sp³-hybridized carbons (Fsp3) is 0.167. The molecule has 0 bridgehead atoms. The summed E-state index contributed by atoms with van der Waals surface area (Å²) in [6, 6.07) is 5.79. The molecule has 0 aliphatic rings. The molecule has 2 rings (SSSR count). The second kappa shape index (κ2) is 10.1. The predicted octanol–water partition coefficient (Wildman–Crippen LogP) is 1.12. The number of aliphatic hydroxyl groups excluding tert-OH is 2. The van der Waals surface area contributed by atoms with E-state index in [0.29, 0.717) is 12.0 Å². The van der Waals surface area contributed by atoms with Crippen LogP contribution in [0.3, 0.4) is 0 Å². The number of hydrogen-bond donors (Lipinski definition) is 3. The Morgan fingerprint density at radius 1 is 1.00 bits per heavy atom. The van der Waals surface area contributed by atoms with Crippen molar-refractivity contribution in [2.24, 2.45) is 0 Å². The van der Waals surface area contributed by atoms with E-state index in [4.69, 9.17) is 29.7 Å². The Bertz CT molecular complexity index is 555. The van der Waals surface area contributed by atoms with Gasteiger partial charge in [0.25, 0.3) is 0 Å². The Kier molecular flexibility index (Phi) is 8.73. The molecule has 21 heavy (non-hydrogen) atoms. The molecule has 0 aliphatic heterocycles. The van der Waals surface area contributed by atoms with Crippen LogP contribution in [-0.2, 0) is 13.2 Å². The molecule has 0 saturated carbocycles. The predicted molar refractivity (Wildman–Crippen MR) is 68.3 cm³/mol. The van der Waals surface area contributed by atoms with Crippen molar-refractivity contribution in [2.45, 2.75) is 13.2 Å². The number of aromatic carboxylic acids is 1. The highest BCUT2D eigenvalue weighted by atomic mass is 16.7. The molecule has 0 aliphatic carbocycles. The Morgan fingerprint density at radius 2 is 1.52 bits per heavy atom. The van der Waals surface area contributed by atoms with Crippen LogP contribution in [0.4, 0.5) is 0 Å². The van der Waals surface area contributed by atoms with Crippen LogP contribution in [0.1, 0.15) is 32.6 Å². The molecule has 0 radical (unpaired) electrons. The number of carbonyl (C=O) groups excluding carboxylic acids is 1. The minimum Gasteiger partial charge on any atom is -0.475 e. The van der Waals surface area contributed by atoms with Crippen LogP contribution in [0.25, 0.3) is 0 Å². The molecule has 9 nitrogen and oxygen atoms in total. The molecule has 2 aromatic heterocycles. The molecule has 0 amide bonds. The van der Waals surface area contributed by atoms with Crippen molar-refractivity contribution in [3.05, 3.63) is 57.2 Å². The summed E-state index contributed by atoms with van der Waals surface area (Å²) in [5.74, 6) is -0.350. The van der Waals surface area contributed by atoms with Gasteiger partial charge < -0.3 is 24.2 Å². The first-order valence-corrected chi connectivity index (χ1v) is 5.35. The second-order valence-corrected chi connectivity index (χ2v) is 3.31. The van der Waals surface area contributed by atoms with Crippen LogP contribution in [0, 0.1) is 9.93 Å². The monoisotopic (exact) mass is 300 g/mol. The Hall–Kier alpha value is -2.78. The highest BCUT2D eigenvalue weighted by molar-refractivity contribution is 5.84. The van der Waals surface area contributed by atoms with Gasteiger partial charge in [0.05, 0.1) is 0 Å². The summed E-state index contributed by atoms with van der Waals surface area (Å²) in [7, 11) is 0. The first kappa shape index (κ1) is 18.2. The van der Waals surface area contributed by atoms with Gasteiger partial charge >= 0.3 is 5.97 Å². The lowest BCUT2D eigenvalue weighted by molar-refractivity contribution is 0.0657. The van der Waals surface area contributed by atoms with E-state index in [2.05, 4.69) is 4.42 Å². The van der Waals surface area contributed by atoms with Crippen molar-refractivity contribution >= 4 is 12.3 Å². The zero-order chi connectivity index (χ0) is 16.3. The average molecular weight is 300 g/mol. The Labute approximate surface area is 117 Å². The van der Waals surface area contributed by atoms with Crippen LogP contribution in [0.2, 0.25) is 0 Å². The molecule has 0 unspecified atom stereocenters. The maximum atomic E-state index is 10.2. The van der Waals surface area contributed by atoms with Crippen LogP contribution in [-0.4, -0.2) is 27.6 Å². The van der Waals surface area contributed by atoms with E-state index >= 15 is 0 Å². The van der Waals surface area contributed by atoms with E-state index in [0.717, 1.165) is 0 Å². The van der Waals surface area contributed by atoms with Crippen LogP contribution < -0.4 is 0 Å². The summed E-state index contributed by atoms with van der Waals surface area (Å²) in [5.41, 5.74) is 0. The normalized spacial score (nSPS) is 8.86. The zero-order valence-electron chi connectivity index (χ0n) is 10.6. The largest absolute Gasteiger partial charge is 0.475 e. The van der Waals surface area contributed by atoms with Gasteiger partial charge in [0.2, 0.25) is 5.76 Å². The van der Waals surface area contributed by atoms with E-state index in [1.807, 2.05) is 0 Å². The number of aldehydes is 1. The fourth-order valence-electron chi connectivity index (χ4n) is 1.12. The highest BCUT2D eigenvalue weighted by Gasteiger charge is 2.06. The lowest BCUT2D eigenvalue weighted by Crippen LogP contribution is -1.91. The third kappa shape index (κ3) is 6.27. The van der Waals surface area contributed by atoms with Crippen molar-refractivity contribution < 1.29 is 33.7 Å². The fourth-order valence-corrected chi connectivity index (χ4v) is 1.12. The van der Waals surface area contributed by atoms with Crippen molar-refractivity contribution in [3.63, 3.8) is 0 Å². The standard InChI is InChI=1S/C6H6O4.C6H6O3.O2/c7-3-4-1-2-5(10-4)6(8)9;7-3-5-1-2-6(4-8)9-5;1-2/h1-2,7H,3H2,(H,8,9);1-3,8H,4H2;. The van der Waals surface area contributed by atoms with Gasteiger partial charge in [0, 0.05) is 9.93 Å². The van der Waals surface area contributed by atoms with Crippen molar-refractivity contribution in [1.29, 1.82) is 0 Å². The first-order chi connectivity index (χ1) is 10.1. The van der Waals surface area contributed by atoms with Crippen LogP contribution >= 0.6 is 0 Å². The third-order valence-electron chi connectivity index (χ3n) is 1.98. The van der Waals surface area contributed by atoms with E-state index < -0.39 is 5.97 Å². The molecule has 0 atom stereocenters. The number of carbonyl (C=O) groups is 2. The Morgan fingerprint density at radius 3 is 1.81 bits per heavy atom. The number of rotatable bonds is 4. The summed E-state index contributed by atoms with van der Waals surface area (Å²) in [4.78, 5) is 34.1. The molecule has 2 heterocycles. The number of carboxylic acid groups (broad SMARTS) is 1. The van der Waals surface area contributed by atoms with Gasteiger partial charge in [0.1, 0.15) is 24.7 Å². The number of hydrogen-bond acceptors (Lipinski definition) is 8. The SMILES string of the molecule is O=C(O)c1ccc(CO)o1.O=Cc1ccc(CO)o1.O=O. The van der Waals surface area contributed by atoms with Gasteiger partial charge in [-0.25, -0.2) is 4.79 Å². The molecule has 0 saturated heterocycles. The minimum absolute atomic E-state index is 0.149. The lowest BCUT2D eigenvalue weighted by Gasteiger charge is -1.85. The minimum atomic E-state index is -1.13. The van der Waals surface area contributed by atoms with Gasteiger partial charge in [-0.2, -0.15) is 0 Å². The van der Waals surface area contributed by atoms with Gasteiger partial charge in [-0.05, 0) is 24.3 Å². The third-order valence-corrected chi connectivity index (χ3v) is 1.98. The molecular formula is C12H12O9. The molecule has 9 heteroatoms. The Balaban J connectivity index is 0.000000342. The summed E-state index contributed by atoms with van der Waals surface area (Å²) in [6.07, 6.45) is 0.596. The molecule has 2 aromatic rings. The smallest absolute Gasteiger partial charge is 0.371 e. The molecule has 0 spiro atoms. The molecule has 0 aromatic carbocycles. The molecule has 3 N–H and O–H groups in total. The molecule has 0 fully saturated rings. The maximum Gasteiger partial charge on any atom is 0.371 e. The van der Waals surface area contributed by atoms with Gasteiger partial charge in [-0.15, -0.1) is 0 Å². The number of carboxylic acids is 1. The summed E-state index contributed by atoms with van der Waals surface area (Å²) < 4.78 is 9.41. The van der Waals surface area contributed by atoms with E-state index in [9.17, 15) is 9.59 Å². The number of furan rings is 2. The second-order valence-electron chi connectivity index (χ2n) is 3.31. The zero-order valence-corrected chi connectivity index (χ0v) is 10.6. The molecule has 114 valence electrons. The van der Waals surface area contributed by atoms with Gasteiger partial charge in [-0.3, -0.25) is 4.79 Å². The van der Waals surface area contributed by atoms with E-state index in [1.165, 1.54) is 18.2 Å². The van der Waals surface area contributed by atoms with Crippen molar-refractivity contribution in [3.8, 4) is 0 Å². The summed E-state index contributed by atoms with van der Waals surface area (Å²) >= 11 is 0. The van der Waals surface area contributed by atoms with E-state index in [1.54, 1.807) is 6.07 Å². The van der Waals surface area contributed by atoms with Crippen LogP contribution in [0.15, 0.2) is 33.1 Å². The maximum absolute atomic E-state index is 10.2. The van der Waals surface area contributed by atoms with Crippen LogP contribution in [0.5, 0.6) is 0 Å². The van der Waals surface area contributed by atoms with Crippen molar-refractivity contribution in [1.82, 2.24) is 0 Å². The lowest BCUT2D eigenvalue weighted by atomic mass is 10.4. The van der Waals surface area contributed by atoms with E-state index in [-0.39, 0.29) is 30.5 Å². The quantitative estimate of drug-likeness (QED) is 0.704. The average Bonchev–Trinajstić information content (AvgIpc) is 3.18. The van der Waals surface area contributed by atoms with Gasteiger partial charge in [0.15, 0.2) is 12.0 Å². The van der Waals surface area contributed by atoms with Gasteiger partial charge in [-0.1, -0.05) is 0 Å². The summed E-state index contributed by atoms with van der Waals surface area (Å²) in [5, 5.41) is 25.2. The summed E-state index contributed by atoms with van der Waals surface area (Å²) in [6.45, 7) is -0.429. The topological polar surface area (TPSA) is 155 Å². The first-order valence-electron chi connectivity index (χ1n) is 5.35. The number of aliphatic hydroxyl groups is 2.